The lowest BCUT2D eigenvalue weighted by molar-refractivity contribution is -0.140. The SMILES string of the molecule is CCC[C@@H]1CN(c2cc(-c3cnc(N)nc3C(F)(F)F)nc(N3CCOCC3)n2)C(=O)O1. The molecule has 0 aromatic carbocycles. The number of hydrogen-bond acceptors (Lipinski definition) is 9. The van der Waals surface area contributed by atoms with Crippen LogP contribution in [0.3, 0.4) is 0 Å². The number of halogens is 3. The van der Waals surface area contributed by atoms with Crippen molar-refractivity contribution >= 4 is 23.8 Å². The van der Waals surface area contributed by atoms with E-state index < -0.39 is 23.9 Å². The number of nitrogens with two attached hydrogens (primary N) is 1. The summed E-state index contributed by atoms with van der Waals surface area (Å²) in [5, 5.41) is 0. The van der Waals surface area contributed by atoms with E-state index in [2.05, 4.69) is 19.9 Å². The number of alkyl halides is 3. The number of anilines is 3. The van der Waals surface area contributed by atoms with E-state index in [1.807, 2.05) is 6.92 Å². The van der Waals surface area contributed by atoms with Crippen molar-refractivity contribution in [2.24, 2.45) is 0 Å². The van der Waals surface area contributed by atoms with Crippen LogP contribution < -0.4 is 15.5 Å². The number of nitrogens with zero attached hydrogens (tertiary/aromatic N) is 6. The summed E-state index contributed by atoms with van der Waals surface area (Å²) in [6.45, 7) is 3.97. The second kappa shape index (κ2) is 8.73. The topological polar surface area (TPSA) is 120 Å². The average Bonchev–Trinajstić information content (AvgIpc) is 3.14. The standard InChI is InChI=1S/C19H22F3N7O3/c1-2-3-11-10-29(18(30)32-11)14-8-13(25-17(26-14)28-4-6-31-7-5-28)12-9-24-16(23)27-15(12)19(20,21)22/h8-9,11H,2-7,10H2,1H3,(H2,23,24,27)/t11-/m1/s1. The number of amides is 1. The van der Waals surface area contributed by atoms with Gasteiger partial charge in [0.25, 0.3) is 0 Å². The molecule has 1 amide bonds. The van der Waals surface area contributed by atoms with E-state index in [4.69, 9.17) is 15.2 Å². The van der Waals surface area contributed by atoms with Crippen molar-refractivity contribution in [3.63, 3.8) is 0 Å². The zero-order valence-electron chi connectivity index (χ0n) is 17.3. The number of carbonyl (C=O) groups is 1. The minimum absolute atomic E-state index is 0.0736. The smallest absolute Gasteiger partial charge is 0.434 e. The van der Waals surface area contributed by atoms with Crippen LogP contribution in [0.2, 0.25) is 0 Å². The quantitative estimate of drug-likeness (QED) is 0.728. The van der Waals surface area contributed by atoms with Gasteiger partial charge in [-0.3, -0.25) is 4.90 Å². The monoisotopic (exact) mass is 453 g/mol. The number of hydrogen-bond donors (Lipinski definition) is 1. The second-order valence-electron chi connectivity index (χ2n) is 7.40. The fourth-order valence-corrected chi connectivity index (χ4v) is 3.58. The van der Waals surface area contributed by atoms with Gasteiger partial charge in [0.05, 0.1) is 25.5 Å². The summed E-state index contributed by atoms with van der Waals surface area (Å²) < 4.78 is 51.7. The van der Waals surface area contributed by atoms with Crippen molar-refractivity contribution in [2.75, 3.05) is 48.4 Å². The summed E-state index contributed by atoms with van der Waals surface area (Å²) >= 11 is 0. The van der Waals surface area contributed by atoms with Gasteiger partial charge >= 0.3 is 12.3 Å². The van der Waals surface area contributed by atoms with E-state index in [1.165, 1.54) is 11.0 Å². The van der Waals surface area contributed by atoms with Crippen molar-refractivity contribution in [3.8, 4) is 11.3 Å². The third-order valence-corrected chi connectivity index (χ3v) is 5.11. The minimum atomic E-state index is -4.78. The van der Waals surface area contributed by atoms with Crippen molar-refractivity contribution in [3.05, 3.63) is 18.0 Å². The fraction of sp³-hybridized carbons (Fsp3) is 0.526. The van der Waals surface area contributed by atoms with Crippen LogP contribution in [0.1, 0.15) is 25.5 Å². The normalized spacial score (nSPS) is 19.4. The molecule has 2 aromatic rings. The molecule has 2 aliphatic heterocycles. The van der Waals surface area contributed by atoms with Crippen LogP contribution in [0.5, 0.6) is 0 Å². The molecule has 0 unspecified atom stereocenters. The Morgan fingerprint density at radius 2 is 1.97 bits per heavy atom. The molecule has 0 spiro atoms. The molecule has 2 N–H and O–H groups in total. The molecule has 10 nitrogen and oxygen atoms in total. The number of ether oxygens (including phenoxy) is 2. The van der Waals surface area contributed by atoms with E-state index >= 15 is 0 Å². The average molecular weight is 453 g/mol. The first-order valence-corrected chi connectivity index (χ1v) is 10.2. The molecular formula is C19H22F3N7O3. The van der Waals surface area contributed by atoms with Crippen molar-refractivity contribution in [1.29, 1.82) is 0 Å². The lowest BCUT2D eigenvalue weighted by atomic mass is 10.1. The summed E-state index contributed by atoms with van der Waals surface area (Å²) in [5.74, 6) is -0.183. The molecule has 2 saturated heterocycles. The summed E-state index contributed by atoms with van der Waals surface area (Å²) in [7, 11) is 0. The number of carbonyl (C=O) groups excluding carboxylic acids is 1. The van der Waals surface area contributed by atoms with Crippen molar-refractivity contribution < 1.29 is 27.4 Å². The maximum atomic E-state index is 13.7. The van der Waals surface area contributed by atoms with Gasteiger partial charge in [0.2, 0.25) is 11.9 Å². The maximum absolute atomic E-state index is 13.7. The maximum Gasteiger partial charge on any atom is 0.434 e. The highest BCUT2D eigenvalue weighted by Gasteiger charge is 2.38. The lowest BCUT2D eigenvalue weighted by Crippen LogP contribution is -2.38. The Kier molecular flexibility index (Phi) is 6.00. The zero-order chi connectivity index (χ0) is 22.9. The molecule has 0 bridgehead atoms. The molecule has 172 valence electrons. The summed E-state index contributed by atoms with van der Waals surface area (Å²) in [6, 6.07) is 1.31. The first-order valence-electron chi connectivity index (χ1n) is 10.2. The zero-order valence-corrected chi connectivity index (χ0v) is 17.3. The van der Waals surface area contributed by atoms with Crippen LogP contribution in [0.4, 0.5) is 35.7 Å². The third-order valence-electron chi connectivity index (χ3n) is 5.11. The highest BCUT2D eigenvalue weighted by Crippen LogP contribution is 2.37. The molecule has 0 aliphatic carbocycles. The Hall–Kier alpha value is -3.22. The van der Waals surface area contributed by atoms with E-state index in [9.17, 15) is 18.0 Å². The largest absolute Gasteiger partial charge is 0.444 e. The van der Waals surface area contributed by atoms with Crippen LogP contribution in [0, 0.1) is 0 Å². The molecular weight excluding hydrogens is 431 g/mol. The summed E-state index contributed by atoms with van der Waals surface area (Å²) in [6.07, 6.45) is -3.25. The van der Waals surface area contributed by atoms with Crippen LogP contribution in [0.15, 0.2) is 12.3 Å². The Morgan fingerprint density at radius 3 is 2.66 bits per heavy atom. The number of aromatic nitrogens is 4. The van der Waals surface area contributed by atoms with Gasteiger partial charge in [0.15, 0.2) is 5.69 Å². The molecule has 4 rings (SSSR count). The summed E-state index contributed by atoms with van der Waals surface area (Å²) in [5.41, 5.74) is 3.75. The van der Waals surface area contributed by atoms with Gasteiger partial charge in [-0.05, 0) is 6.42 Å². The van der Waals surface area contributed by atoms with Crippen LogP contribution in [-0.4, -0.2) is 65.0 Å². The van der Waals surface area contributed by atoms with Crippen molar-refractivity contribution in [2.45, 2.75) is 32.0 Å². The molecule has 2 aromatic heterocycles. The fourth-order valence-electron chi connectivity index (χ4n) is 3.58. The summed E-state index contributed by atoms with van der Waals surface area (Å²) in [4.78, 5) is 31.4. The number of morpholine rings is 1. The lowest BCUT2D eigenvalue weighted by Gasteiger charge is -2.28. The molecule has 2 fully saturated rings. The van der Waals surface area contributed by atoms with Crippen LogP contribution in [-0.2, 0) is 15.7 Å². The van der Waals surface area contributed by atoms with Gasteiger partial charge in [-0.25, -0.2) is 19.7 Å². The third kappa shape index (κ3) is 4.52. The van der Waals surface area contributed by atoms with E-state index in [0.717, 1.165) is 12.6 Å². The Morgan fingerprint density at radius 1 is 1.22 bits per heavy atom. The van der Waals surface area contributed by atoms with Gasteiger partial charge < -0.3 is 20.1 Å². The first kappa shape index (κ1) is 22.0. The Labute approximate surface area is 181 Å². The predicted molar refractivity (Wildman–Crippen MR) is 108 cm³/mol. The highest BCUT2D eigenvalue weighted by molar-refractivity contribution is 5.89. The minimum Gasteiger partial charge on any atom is -0.444 e. The van der Waals surface area contributed by atoms with Gasteiger partial charge in [-0.1, -0.05) is 13.3 Å². The van der Waals surface area contributed by atoms with Gasteiger partial charge in [0.1, 0.15) is 11.9 Å². The molecule has 0 radical (unpaired) electrons. The number of rotatable bonds is 5. The molecule has 13 heteroatoms. The van der Waals surface area contributed by atoms with Gasteiger partial charge in [0, 0.05) is 30.9 Å². The molecule has 1 atom stereocenters. The van der Waals surface area contributed by atoms with Crippen LogP contribution >= 0.6 is 0 Å². The molecule has 32 heavy (non-hydrogen) atoms. The number of nitrogen functional groups attached to an aromatic ring is 1. The van der Waals surface area contributed by atoms with Crippen molar-refractivity contribution in [1.82, 2.24) is 19.9 Å². The predicted octanol–water partition coefficient (Wildman–Crippen LogP) is 2.50. The van der Waals surface area contributed by atoms with E-state index in [-0.39, 0.29) is 35.7 Å². The molecule has 4 heterocycles. The molecule has 2 aliphatic rings. The van der Waals surface area contributed by atoms with Crippen LogP contribution in [0.25, 0.3) is 11.3 Å². The van der Waals surface area contributed by atoms with Gasteiger partial charge in [-0.15, -0.1) is 0 Å². The highest BCUT2D eigenvalue weighted by atomic mass is 19.4. The molecule has 0 saturated carbocycles. The Balaban J connectivity index is 1.81. The number of cyclic esters (lactones) is 1. The first-order chi connectivity index (χ1) is 15.3. The van der Waals surface area contributed by atoms with E-state index in [0.29, 0.717) is 32.7 Å². The second-order valence-corrected chi connectivity index (χ2v) is 7.40. The van der Waals surface area contributed by atoms with E-state index in [1.54, 1.807) is 4.90 Å². The Bertz CT molecular complexity index is 999. The van der Waals surface area contributed by atoms with Gasteiger partial charge in [-0.2, -0.15) is 18.2 Å².